The van der Waals surface area contributed by atoms with Gasteiger partial charge in [0.15, 0.2) is 0 Å². The smallest absolute Gasteiger partial charge is 0.136 e. The number of anilines is 1. The van der Waals surface area contributed by atoms with Crippen LogP contribution >= 0.6 is 0 Å². The van der Waals surface area contributed by atoms with E-state index in [1.165, 1.54) is 0 Å². The maximum absolute atomic E-state index is 5.80. The summed E-state index contributed by atoms with van der Waals surface area (Å²) >= 11 is 0. The molecule has 90 valence electrons. The molecule has 4 heteroatoms. The SMILES string of the molecule is Cc1nn(-c2ccccc2)c(N(C)C)c1CN. The second-order valence-electron chi connectivity index (χ2n) is 4.23. The van der Waals surface area contributed by atoms with Crippen molar-refractivity contribution in [3.8, 4) is 5.69 Å². The minimum atomic E-state index is 0.506. The molecule has 0 unspecified atom stereocenters. The molecule has 0 radical (unpaired) electrons. The molecule has 0 aliphatic carbocycles. The van der Waals surface area contributed by atoms with Gasteiger partial charge in [0, 0.05) is 26.2 Å². The van der Waals surface area contributed by atoms with E-state index in [0.717, 1.165) is 22.8 Å². The fraction of sp³-hybridized carbons (Fsp3) is 0.308. The highest BCUT2D eigenvalue weighted by Crippen LogP contribution is 2.25. The quantitative estimate of drug-likeness (QED) is 0.873. The molecule has 0 atom stereocenters. The average Bonchev–Trinajstić information content (AvgIpc) is 2.67. The summed E-state index contributed by atoms with van der Waals surface area (Å²) in [5.74, 6) is 1.05. The van der Waals surface area contributed by atoms with Gasteiger partial charge in [-0.2, -0.15) is 5.10 Å². The first-order valence-electron chi connectivity index (χ1n) is 5.66. The van der Waals surface area contributed by atoms with Crippen molar-refractivity contribution in [2.24, 2.45) is 5.73 Å². The average molecular weight is 230 g/mol. The number of aromatic nitrogens is 2. The predicted molar refractivity (Wildman–Crippen MR) is 70.5 cm³/mol. The Morgan fingerprint density at radius 3 is 2.41 bits per heavy atom. The topological polar surface area (TPSA) is 47.1 Å². The third kappa shape index (κ3) is 2.03. The van der Waals surface area contributed by atoms with Gasteiger partial charge in [0.05, 0.1) is 11.4 Å². The zero-order valence-electron chi connectivity index (χ0n) is 10.5. The van der Waals surface area contributed by atoms with Gasteiger partial charge in [-0.25, -0.2) is 4.68 Å². The van der Waals surface area contributed by atoms with E-state index in [-0.39, 0.29) is 0 Å². The van der Waals surface area contributed by atoms with Gasteiger partial charge in [0.1, 0.15) is 5.82 Å². The summed E-state index contributed by atoms with van der Waals surface area (Å²) in [7, 11) is 4.02. The minimum Gasteiger partial charge on any atom is -0.362 e. The van der Waals surface area contributed by atoms with Crippen molar-refractivity contribution < 1.29 is 0 Å². The van der Waals surface area contributed by atoms with Crippen molar-refractivity contribution in [2.45, 2.75) is 13.5 Å². The molecule has 2 aromatic rings. The molecule has 0 aliphatic rings. The van der Waals surface area contributed by atoms with Gasteiger partial charge in [-0.05, 0) is 19.1 Å². The molecule has 4 nitrogen and oxygen atoms in total. The van der Waals surface area contributed by atoms with Gasteiger partial charge in [0.2, 0.25) is 0 Å². The van der Waals surface area contributed by atoms with Crippen LogP contribution in [0.1, 0.15) is 11.3 Å². The van der Waals surface area contributed by atoms with Crippen LogP contribution in [0, 0.1) is 6.92 Å². The van der Waals surface area contributed by atoms with Crippen molar-refractivity contribution in [3.05, 3.63) is 41.6 Å². The number of benzene rings is 1. The van der Waals surface area contributed by atoms with E-state index in [9.17, 15) is 0 Å². The van der Waals surface area contributed by atoms with Crippen molar-refractivity contribution in [2.75, 3.05) is 19.0 Å². The second-order valence-corrected chi connectivity index (χ2v) is 4.23. The van der Waals surface area contributed by atoms with Crippen molar-refractivity contribution in [1.29, 1.82) is 0 Å². The summed E-state index contributed by atoms with van der Waals surface area (Å²) in [5.41, 5.74) is 8.94. The predicted octanol–water partition coefficient (Wildman–Crippen LogP) is 1.71. The molecule has 1 heterocycles. The first-order chi connectivity index (χ1) is 8.15. The fourth-order valence-electron chi connectivity index (χ4n) is 1.99. The van der Waals surface area contributed by atoms with Crippen LogP contribution in [0.15, 0.2) is 30.3 Å². The summed E-state index contributed by atoms with van der Waals surface area (Å²) in [5, 5.41) is 4.57. The van der Waals surface area contributed by atoms with E-state index in [2.05, 4.69) is 10.00 Å². The Morgan fingerprint density at radius 2 is 1.88 bits per heavy atom. The molecule has 2 N–H and O–H groups in total. The number of rotatable bonds is 3. The normalized spacial score (nSPS) is 10.6. The molecule has 1 aromatic carbocycles. The lowest BCUT2D eigenvalue weighted by Crippen LogP contribution is -2.16. The van der Waals surface area contributed by atoms with Crippen LogP contribution < -0.4 is 10.6 Å². The summed E-state index contributed by atoms with van der Waals surface area (Å²) < 4.78 is 1.94. The highest BCUT2D eigenvalue weighted by Gasteiger charge is 2.16. The van der Waals surface area contributed by atoms with E-state index in [1.807, 2.05) is 56.0 Å². The lowest BCUT2D eigenvalue weighted by atomic mass is 10.2. The first-order valence-corrected chi connectivity index (χ1v) is 5.66. The third-order valence-corrected chi connectivity index (χ3v) is 2.79. The van der Waals surface area contributed by atoms with Crippen molar-refractivity contribution in [3.63, 3.8) is 0 Å². The zero-order chi connectivity index (χ0) is 12.4. The van der Waals surface area contributed by atoms with E-state index < -0.39 is 0 Å². The Balaban J connectivity index is 2.62. The van der Waals surface area contributed by atoms with E-state index in [4.69, 9.17) is 5.73 Å². The summed E-state index contributed by atoms with van der Waals surface area (Å²) in [4.78, 5) is 2.05. The van der Waals surface area contributed by atoms with Gasteiger partial charge in [-0.15, -0.1) is 0 Å². The molecule has 17 heavy (non-hydrogen) atoms. The van der Waals surface area contributed by atoms with Gasteiger partial charge in [0.25, 0.3) is 0 Å². The highest BCUT2D eigenvalue weighted by molar-refractivity contribution is 5.54. The van der Waals surface area contributed by atoms with Gasteiger partial charge in [-0.1, -0.05) is 18.2 Å². The first kappa shape index (κ1) is 11.7. The zero-order valence-corrected chi connectivity index (χ0v) is 10.5. The summed E-state index contributed by atoms with van der Waals surface area (Å²) in [6, 6.07) is 10.1. The molecular formula is C13H18N4. The Kier molecular flexibility index (Phi) is 3.15. The van der Waals surface area contributed by atoms with Crippen molar-refractivity contribution >= 4 is 5.82 Å². The van der Waals surface area contributed by atoms with Gasteiger partial charge < -0.3 is 10.6 Å². The van der Waals surface area contributed by atoms with Crippen LogP contribution in [0.3, 0.4) is 0 Å². The molecule has 0 saturated carbocycles. The molecule has 2 rings (SSSR count). The summed E-state index contributed by atoms with van der Waals surface area (Å²) in [6.45, 7) is 2.50. The lowest BCUT2D eigenvalue weighted by Gasteiger charge is -2.16. The molecule has 0 amide bonds. The largest absolute Gasteiger partial charge is 0.362 e. The Hall–Kier alpha value is -1.81. The third-order valence-electron chi connectivity index (χ3n) is 2.79. The number of hydrogen-bond acceptors (Lipinski definition) is 3. The van der Waals surface area contributed by atoms with Crippen LogP contribution in [0.4, 0.5) is 5.82 Å². The molecular weight excluding hydrogens is 212 g/mol. The molecule has 0 aliphatic heterocycles. The maximum Gasteiger partial charge on any atom is 0.136 e. The number of para-hydroxylation sites is 1. The molecule has 0 saturated heterocycles. The number of aryl methyl sites for hydroxylation is 1. The standard InChI is InChI=1S/C13H18N4/c1-10-12(9-14)13(16(2)3)17(15-10)11-7-5-4-6-8-11/h4-8H,9,14H2,1-3H3. The molecule has 0 bridgehead atoms. The van der Waals surface area contributed by atoms with E-state index in [0.29, 0.717) is 6.54 Å². The number of nitrogens with two attached hydrogens (primary N) is 1. The maximum atomic E-state index is 5.80. The van der Waals surface area contributed by atoms with E-state index >= 15 is 0 Å². The van der Waals surface area contributed by atoms with Crippen LogP contribution in [-0.2, 0) is 6.54 Å². The summed E-state index contributed by atoms with van der Waals surface area (Å²) in [6.07, 6.45) is 0. The number of nitrogens with zero attached hydrogens (tertiary/aromatic N) is 3. The second kappa shape index (κ2) is 4.59. The number of hydrogen-bond donors (Lipinski definition) is 1. The van der Waals surface area contributed by atoms with Crippen LogP contribution in [0.2, 0.25) is 0 Å². The van der Waals surface area contributed by atoms with Crippen LogP contribution in [0.5, 0.6) is 0 Å². The van der Waals surface area contributed by atoms with Gasteiger partial charge >= 0.3 is 0 Å². The Morgan fingerprint density at radius 1 is 1.24 bits per heavy atom. The van der Waals surface area contributed by atoms with Crippen LogP contribution in [-0.4, -0.2) is 23.9 Å². The van der Waals surface area contributed by atoms with Gasteiger partial charge in [-0.3, -0.25) is 0 Å². The van der Waals surface area contributed by atoms with Crippen molar-refractivity contribution in [1.82, 2.24) is 9.78 Å². The highest BCUT2D eigenvalue weighted by atomic mass is 15.4. The Labute approximate surface area is 102 Å². The Bertz CT molecular complexity index is 500. The molecule has 0 spiro atoms. The lowest BCUT2D eigenvalue weighted by molar-refractivity contribution is 0.840. The van der Waals surface area contributed by atoms with E-state index in [1.54, 1.807) is 0 Å². The van der Waals surface area contributed by atoms with Crippen LogP contribution in [0.25, 0.3) is 5.69 Å². The molecule has 1 aromatic heterocycles. The fourth-order valence-corrected chi connectivity index (χ4v) is 1.99. The molecule has 0 fully saturated rings. The minimum absolute atomic E-state index is 0.506. The monoisotopic (exact) mass is 230 g/mol.